The molecule has 0 amide bonds. The fraction of sp³-hybridized carbons (Fsp3) is 0.167. The highest BCUT2D eigenvalue weighted by atomic mass is 32.2. The molecule has 0 fully saturated rings. The summed E-state index contributed by atoms with van der Waals surface area (Å²) >= 11 is 0. The van der Waals surface area contributed by atoms with Gasteiger partial charge in [0.15, 0.2) is 11.9 Å². The lowest BCUT2D eigenvalue weighted by Crippen LogP contribution is -2.20. The Kier molecular flexibility index (Phi) is 5.06. The van der Waals surface area contributed by atoms with Crippen LogP contribution < -0.4 is 10.3 Å². The summed E-state index contributed by atoms with van der Waals surface area (Å²) in [5.74, 6) is -0.530. The van der Waals surface area contributed by atoms with Crippen LogP contribution >= 0.6 is 0 Å². The van der Waals surface area contributed by atoms with Gasteiger partial charge in [-0.3, -0.25) is 4.79 Å². The normalized spacial score (nSPS) is 12.7. The first-order valence-corrected chi connectivity index (χ1v) is 9.53. The van der Waals surface area contributed by atoms with Gasteiger partial charge in [0.1, 0.15) is 0 Å². The van der Waals surface area contributed by atoms with Crippen LogP contribution in [0.5, 0.6) is 0 Å². The fourth-order valence-electron chi connectivity index (χ4n) is 2.49. The third kappa shape index (κ3) is 3.88. The van der Waals surface area contributed by atoms with Crippen LogP contribution in [0.4, 0.5) is 0 Å². The van der Waals surface area contributed by atoms with E-state index in [4.69, 9.17) is 4.74 Å². The van der Waals surface area contributed by atoms with Crippen molar-refractivity contribution in [2.75, 3.05) is 7.05 Å². The number of aromatic amines is 1. The topological polar surface area (TPSA) is 118 Å². The molecule has 2 aromatic carbocycles. The average molecular weight is 387 g/mol. The van der Waals surface area contributed by atoms with Gasteiger partial charge in [-0.2, -0.15) is 0 Å². The number of ether oxygens (including phenoxy) is 1. The molecule has 0 unspecified atom stereocenters. The number of carbonyl (C=O) groups is 1. The minimum absolute atomic E-state index is 0.0515. The number of benzene rings is 2. The number of rotatable bonds is 5. The van der Waals surface area contributed by atoms with Crippen molar-refractivity contribution < 1.29 is 17.9 Å². The van der Waals surface area contributed by atoms with Gasteiger partial charge in [0.05, 0.1) is 21.4 Å². The lowest BCUT2D eigenvalue weighted by atomic mass is 10.2. The molecule has 140 valence electrons. The number of nitrogens with one attached hydrogen (secondary N) is 2. The summed E-state index contributed by atoms with van der Waals surface area (Å²) in [6.45, 7) is 1.57. The largest absolute Gasteiger partial charge is 0.451 e. The smallest absolute Gasteiger partial charge is 0.338 e. The summed E-state index contributed by atoms with van der Waals surface area (Å²) in [4.78, 5) is 31.4. The summed E-state index contributed by atoms with van der Waals surface area (Å²) in [6.07, 6.45) is -0.834. The van der Waals surface area contributed by atoms with Crippen LogP contribution in [0.3, 0.4) is 0 Å². The van der Waals surface area contributed by atoms with Crippen molar-refractivity contribution in [3.8, 4) is 0 Å². The molecule has 0 saturated heterocycles. The number of aromatic nitrogens is 2. The van der Waals surface area contributed by atoms with E-state index in [9.17, 15) is 18.0 Å². The minimum atomic E-state index is -3.68. The molecule has 0 saturated carbocycles. The predicted octanol–water partition coefficient (Wildman–Crippen LogP) is 1.75. The highest BCUT2D eigenvalue weighted by Gasteiger charge is 2.19. The van der Waals surface area contributed by atoms with Crippen LogP contribution in [-0.4, -0.2) is 31.4 Å². The number of sulfonamides is 1. The van der Waals surface area contributed by atoms with Crippen molar-refractivity contribution in [1.29, 1.82) is 0 Å². The Labute approximate surface area is 155 Å². The molecule has 2 N–H and O–H groups in total. The van der Waals surface area contributed by atoms with E-state index in [-0.39, 0.29) is 21.8 Å². The van der Waals surface area contributed by atoms with Gasteiger partial charge < -0.3 is 9.72 Å². The van der Waals surface area contributed by atoms with Crippen LogP contribution in [0.25, 0.3) is 10.9 Å². The van der Waals surface area contributed by atoms with Gasteiger partial charge in [0, 0.05) is 0 Å². The second-order valence-electron chi connectivity index (χ2n) is 5.75. The summed E-state index contributed by atoms with van der Waals surface area (Å²) in [6, 6.07) is 12.3. The molecule has 0 bridgehead atoms. The minimum Gasteiger partial charge on any atom is -0.451 e. The highest BCUT2D eigenvalue weighted by molar-refractivity contribution is 7.89. The van der Waals surface area contributed by atoms with Crippen LogP contribution in [-0.2, 0) is 14.8 Å². The Morgan fingerprint density at radius 3 is 2.67 bits per heavy atom. The third-order valence-electron chi connectivity index (χ3n) is 3.95. The number of fused-ring (bicyclic) bond motifs is 1. The molecule has 0 aliphatic heterocycles. The number of esters is 1. The Balaban J connectivity index is 1.86. The van der Waals surface area contributed by atoms with Crippen molar-refractivity contribution in [2.24, 2.45) is 0 Å². The van der Waals surface area contributed by atoms with Crippen LogP contribution in [0.1, 0.15) is 29.2 Å². The Morgan fingerprint density at radius 1 is 1.19 bits per heavy atom. The van der Waals surface area contributed by atoms with E-state index < -0.39 is 22.1 Å². The lowest BCUT2D eigenvalue weighted by molar-refractivity contribution is 0.0319. The Bertz CT molecular complexity index is 1170. The standard InChI is InChI=1S/C18H17N3O5S/c1-11(16-20-15-9-4-3-8-14(15)17(22)21-16)26-18(23)12-6-5-7-13(10-12)27(24,25)19-2/h3-11,19H,1-2H3,(H,20,21,22)/t11-/m1/s1. The monoisotopic (exact) mass is 387 g/mol. The van der Waals surface area contributed by atoms with E-state index in [1.54, 1.807) is 31.2 Å². The maximum absolute atomic E-state index is 12.4. The number of para-hydroxylation sites is 1. The molecule has 1 heterocycles. The Morgan fingerprint density at radius 2 is 1.93 bits per heavy atom. The van der Waals surface area contributed by atoms with Crippen LogP contribution in [0.2, 0.25) is 0 Å². The van der Waals surface area contributed by atoms with Crippen LogP contribution in [0, 0.1) is 0 Å². The zero-order valence-electron chi connectivity index (χ0n) is 14.6. The van der Waals surface area contributed by atoms with E-state index in [2.05, 4.69) is 14.7 Å². The second kappa shape index (κ2) is 7.29. The summed E-state index contributed by atoms with van der Waals surface area (Å²) in [5, 5.41) is 0.435. The Hall–Kier alpha value is -3.04. The number of nitrogens with zero attached hydrogens (tertiary/aromatic N) is 1. The molecule has 0 aliphatic rings. The van der Waals surface area contributed by atoms with E-state index in [1.807, 2.05) is 0 Å². The molecular weight excluding hydrogens is 370 g/mol. The molecule has 9 heteroatoms. The third-order valence-corrected chi connectivity index (χ3v) is 5.36. The van der Waals surface area contributed by atoms with Crippen LogP contribution in [0.15, 0.2) is 58.2 Å². The van der Waals surface area contributed by atoms with Crippen molar-refractivity contribution >= 4 is 26.9 Å². The first-order valence-electron chi connectivity index (χ1n) is 8.05. The first kappa shape index (κ1) is 18.7. The van der Waals surface area contributed by atoms with E-state index in [1.165, 1.54) is 31.3 Å². The fourth-order valence-corrected chi connectivity index (χ4v) is 3.27. The SMILES string of the molecule is CNS(=O)(=O)c1cccc(C(=O)O[C@H](C)c2nc3ccccc3c(=O)[nH]2)c1. The highest BCUT2D eigenvalue weighted by Crippen LogP contribution is 2.18. The van der Waals surface area contributed by atoms with E-state index in [0.29, 0.717) is 10.9 Å². The molecule has 0 aliphatic carbocycles. The average Bonchev–Trinajstić information content (AvgIpc) is 2.68. The van der Waals surface area contributed by atoms with Gasteiger partial charge in [0.2, 0.25) is 10.0 Å². The van der Waals surface area contributed by atoms with Crippen molar-refractivity contribution in [1.82, 2.24) is 14.7 Å². The molecule has 3 aromatic rings. The van der Waals surface area contributed by atoms with Crippen molar-refractivity contribution in [3.05, 3.63) is 70.3 Å². The number of H-pyrrole nitrogens is 1. The van der Waals surface area contributed by atoms with E-state index >= 15 is 0 Å². The summed E-state index contributed by atoms with van der Waals surface area (Å²) in [5.41, 5.74) is 0.225. The van der Waals surface area contributed by atoms with Gasteiger partial charge in [-0.25, -0.2) is 22.9 Å². The summed E-state index contributed by atoms with van der Waals surface area (Å²) < 4.78 is 31.3. The molecule has 1 atom stereocenters. The van der Waals surface area contributed by atoms with Gasteiger partial charge in [-0.15, -0.1) is 0 Å². The lowest BCUT2D eigenvalue weighted by Gasteiger charge is -2.13. The zero-order valence-corrected chi connectivity index (χ0v) is 15.4. The molecular formula is C18H17N3O5S. The molecule has 0 radical (unpaired) electrons. The molecule has 3 rings (SSSR count). The number of hydrogen-bond acceptors (Lipinski definition) is 6. The van der Waals surface area contributed by atoms with Crippen molar-refractivity contribution in [2.45, 2.75) is 17.9 Å². The quantitative estimate of drug-likeness (QED) is 0.644. The maximum atomic E-state index is 12.4. The van der Waals surface area contributed by atoms with Gasteiger partial charge in [0.25, 0.3) is 5.56 Å². The summed E-state index contributed by atoms with van der Waals surface area (Å²) in [7, 11) is -2.40. The number of hydrogen-bond donors (Lipinski definition) is 2. The van der Waals surface area contributed by atoms with Gasteiger partial charge in [-0.05, 0) is 44.3 Å². The van der Waals surface area contributed by atoms with Gasteiger partial charge >= 0.3 is 5.97 Å². The van der Waals surface area contributed by atoms with Crippen molar-refractivity contribution in [3.63, 3.8) is 0 Å². The molecule has 8 nitrogen and oxygen atoms in total. The second-order valence-corrected chi connectivity index (χ2v) is 7.64. The molecule has 1 aromatic heterocycles. The number of carbonyl (C=O) groups excluding carboxylic acids is 1. The molecule has 27 heavy (non-hydrogen) atoms. The van der Waals surface area contributed by atoms with E-state index in [0.717, 1.165) is 0 Å². The first-order chi connectivity index (χ1) is 12.8. The maximum Gasteiger partial charge on any atom is 0.338 e. The van der Waals surface area contributed by atoms with Gasteiger partial charge in [-0.1, -0.05) is 18.2 Å². The zero-order chi connectivity index (χ0) is 19.6. The molecule has 0 spiro atoms. The predicted molar refractivity (Wildman–Crippen MR) is 98.9 cm³/mol.